The van der Waals surface area contributed by atoms with Gasteiger partial charge in [0, 0.05) is 13.0 Å². The Balaban J connectivity index is 2.23. The third-order valence-electron chi connectivity index (χ3n) is 3.78. The molecule has 1 aliphatic carbocycles. The Kier molecular flexibility index (Phi) is 3.64. The van der Waals surface area contributed by atoms with Crippen LogP contribution in [0.5, 0.6) is 0 Å². The molecule has 17 heavy (non-hydrogen) atoms. The minimum absolute atomic E-state index is 0.526. The fourth-order valence-electron chi connectivity index (χ4n) is 2.88. The zero-order valence-electron chi connectivity index (χ0n) is 10.8. The van der Waals surface area contributed by atoms with Crippen LogP contribution >= 0.6 is 15.9 Å². The topological polar surface area (TPSA) is 38.0 Å². The largest absolute Gasteiger partial charge is 0.389 e. The molecule has 0 spiro atoms. The summed E-state index contributed by atoms with van der Waals surface area (Å²) in [6.07, 6.45) is 3.67. The summed E-state index contributed by atoms with van der Waals surface area (Å²) >= 11 is 3.59. The van der Waals surface area contributed by atoms with E-state index in [0.29, 0.717) is 12.3 Å². The molecule has 1 aliphatic rings. The van der Waals surface area contributed by atoms with E-state index in [-0.39, 0.29) is 0 Å². The average molecular weight is 301 g/mol. The summed E-state index contributed by atoms with van der Waals surface area (Å²) in [5.74, 6) is 0.637. The molecule has 0 aliphatic heterocycles. The predicted molar refractivity (Wildman–Crippen MR) is 72.0 cm³/mol. The van der Waals surface area contributed by atoms with Gasteiger partial charge in [-0.3, -0.25) is 4.68 Å². The van der Waals surface area contributed by atoms with E-state index in [9.17, 15) is 5.11 Å². The summed E-state index contributed by atoms with van der Waals surface area (Å²) in [5.41, 5.74) is 1.62. The molecule has 0 aromatic carbocycles. The van der Waals surface area contributed by atoms with Crippen molar-refractivity contribution in [3.8, 4) is 0 Å². The molecule has 2 atom stereocenters. The first-order chi connectivity index (χ1) is 7.95. The van der Waals surface area contributed by atoms with Crippen LogP contribution in [0, 0.1) is 12.8 Å². The monoisotopic (exact) mass is 300 g/mol. The molecule has 1 saturated carbocycles. The molecule has 0 saturated heterocycles. The second kappa shape index (κ2) is 4.73. The molecule has 96 valence electrons. The highest BCUT2D eigenvalue weighted by Gasteiger charge is 2.36. The maximum atomic E-state index is 10.6. The van der Waals surface area contributed by atoms with E-state index in [1.165, 1.54) is 0 Å². The van der Waals surface area contributed by atoms with Crippen LogP contribution < -0.4 is 0 Å². The van der Waals surface area contributed by atoms with Crippen LogP contribution in [0.1, 0.15) is 44.5 Å². The van der Waals surface area contributed by atoms with Gasteiger partial charge in [0.05, 0.1) is 21.5 Å². The molecule has 0 bridgehead atoms. The molecule has 3 nitrogen and oxygen atoms in total. The second-order valence-corrected chi connectivity index (χ2v) is 6.20. The van der Waals surface area contributed by atoms with Crippen molar-refractivity contribution in [3.05, 3.63) is 15.9 Å². The normalized spacial score (nSPS) is 28.9. The number of halogens is 1. The molecule has 0 amide bonds. The zero-order valence-corrected chi connectivity index (χ0v) is 12.4. The number of hydrogen-bond acceptors (Lipinski definition) is 2. The van der Waals surface area contributed by atoms with Crippen molar-refractivity contribution in [2.45, 2.75) is 58.6 Å². The lowest BCUT2D eigenvalue weighted by molar-refractivity contribution is 0.0424. The van der Waals surface area contributed by atoms with Gasteiger partial charge in [-0.2, -0.15) is 5.10 Å². The maximum absolute atomic E-state index is 10.6. The molecule has 1 aromatic heterocycles. The van der Waals surface area contributed by atoms with Crippen LogP contribution in [-0.4, -0.2) is 20.5 Å². The first-order valence-corrected chi connectivity index (χ1v) is 7.18. The summed E-state index contributed by atoms with van der Waals surface area (Å²) in [5, 5.41) is 15.1. The Labute approximate surface area is 111 Å². The molecule has 4 heteroatoms. The molecule has 2 unspecified atom stereocenters. The molecule has 1 heterocycles. The van der Waals surface area contributed by atoms with Crippen LogP contribution in [0.3, 0.4) is 0 Å². The minimum Gasteiger partial charge on any atom is -0.389 e. The molecule has 1 aromatic rings. The van der Waals surface area contributed by atoms with Crippen LogP contribution in [0.15, 0.2) is 4.47 Å². The second-order valence-electron chi connectivity index (χ2n) is 5.41. The van der Waals surface area contributed by atoms with Gasteiger partial charge in [-0.25, -0.2) is 0 Å². The van der Waals surface area contributed by atoms with E-state index in [4.69, 9.17) is 0 Å². The standard InChI is InChI=1S/C13H21BrN2O/c1-4-16-11(12(14)10(3)15-16)8-13(17)6-5-9(2)7-13/h9,17H,4-8H2,1-3H3. The number of hydrogen-bond donors (Lipinski definition) is 1. The number of aliphatic hydroxyl groups is 1. The SMILES string of the molecule is CCn1nc(C)c(Br)c1CC1(O)CCC(C)C1. The Morgan fingerprint density at radius 2 is 2.29 bits per heavy atom. The molecule has 1 fully saturated rings. The van der Waals surface area contributed by atoms with Gasteiger partial charge in [-0.15, -0.1) is 0 Å². The lowest BCUT2D eigenvalue weighted by Gasteiger charge is -2.23. The quantitative estimate of drug-likeness (QED) is 0.931. The van der Waals surface area contributed by atoms with Crippen LogP contribution in [0.25, 0.3) is 0 Å². The van der Waals surface area contributed by atoms with Crippen LogP contribution in [-0.2, 0) is 13.0 Å². The van der Waals surface area contributed by atoms with E-state index in [0.717, 1.165) is 41.7 Å². The summed E-state index contributed by atoms with van der Waals surface area (Å²) in [6.45, 7) is 7.16. The van der Waals surface area contributed by atoms with E-state index in [2.05, 4.69) is 34.9 Å². The number of aromatic nitrogens is 2. The lowest BCUT2D eigenvalue weighted by Crippen LogP contribution is -2.29. The van der Waals surface area contributed by atoms with Crippen molar-refractivity contribution >= 4 is 15.9 Å². The Bertz CT molecular complexity index is 416. The first kappa shape index (κ1) is 13.1. The van der Waals surface area contributed by atoms with E-state index in [1.807, 2.05) is 11.6 Å². The molecule has 2 rings (SSSR count). The van der Waals surface area contributed by atoms with Crippen molar-refractivity contribution in [2.75, 3.05) is 0 Å². The fraction of sp³-hybridized carbons (Fsp3) is 0.769. The van der Waals surface area contributed by atoms with E-state index < -0.39 is 5.60 Å². The van der Waals surface area contributed by atoms with Crippen LogP contribution in [0.4, 0.5) is 0 Å². The molecular weight excluding hydrogens is 280 g/mol. The van der Waals surface area contributed by atoms with Crippen molar-refractivity contribution in [2.24, 2.45) is 5.92 Å². The van der Waals surface area contributed by atoms with Gasteiger partial charge in [0.2, 0.25) is 0 Å². The summed E-state index contributed by atoms with van der Waals surface area (Å²) < 4.78 is 3.06. The van der Waals surface area contributed by atoms with Crippen molar-refractivity contribution in [1.29, 1.82) is 0 Å². The van der Waals surface area contributed by atoms with Gasteiger partial charge in [0.25, 0.3) is 0 Å². The predicted octanol–water partition coefficient (Wildman–Crippen LogP) is 3.07. The fourth-order valence-corrected chi connectivity index (χ4v) is 3.30. The first-order valence-electron chi connectivity index (χ1n) is 6.39. The van der Waals surface area contributed by atoms with E-state index in [1.54, 1.807) is 0 Å². The number of aryl methyl sites for hydroxylation is 2. The highest BCUT2D eigenvalue weighted by molar-refractivity contribution is 9.10. The Morgan fingerprint density at radius 3 is 2.82 bits per heavy atom. The third-order valence-corrected chi connectivity index (χ3v) is 4.81. The van der Waals surface area contributed by atoms with E-state index >= 15 is 0 Å². The highest BCUT2D eigenvalue weighted by atomic mass is 79.9. The van der Waals surface area contributed by atoms with Crippen molar-refractivity contribution in [1.82, 2.24) is 9.78 Å². The zero-order chi connectivity index (χ0) is 12.6. The Hall–Kier alpha value is -0.350. The van der Waals surface area contributed by atoms with Crippen molar-refractivity contribution < 1.29 is 5.11 Å². The summed E-state index contributed by atoms with van der Waals surface area (Å²) in [6, 6.07) is 0. The van der Waals surface area contributed by atoms with Gasteiger partial charge in [0.15, 0.2) is 0 Å². The number of nitrogens with zero attached hydrogens (tertiary/aromatic N) is 2. The number of rotatable bonds is 3. The summed E-state index contributed by atoms with van der Waals surface area (Å²) in [4.78, 5) is 0. The molecule has 1 N–H and O–H groups in total. The van der Waals surface area contributed by atoms with Crippen LogP contribution in [0.2, 0.25) is 0 Å². The highest BCUT2D eigenvalue weighted by Crippen LogP contribution is 2.38. The van der Waals surface area contributed by atoms with Gasteiger partial charge >= 0.3 is 0 Å². The molecular formula is C13H21BrN2O. The molecule has 0 radical (unpaired) electrons. The van der Waals surface area contributed by atoms with Gasteiger partial charge in [-0.1, -0.05) is 6.92 Å². The summed E-state index contributed by atoms with van der Waals surface area (Å²) in [7, 11) is 0. The van der Waals surface area contributed by atoms with Gasteiger partial charge in [-0.05, 0) is 55.0 Å². The lowest BCUT2D eigenvalue weighted by atomic mass is 9.94. The average Bonchev–Trinajstić information content (AvgIpc) is 2.74. The smallest absolute Gasteiger partial charge is 0.0738 e. The third kappa shape index (κ3) is 2.58. The van der Waals surface area contributed by atoms with Crippen molar-refractivity contribution in [3.63, 3.8) is 0 Å². The van der Waals surface area contributed by atoms with Gasteiger partial charge in [0.1, 0.15) is 0 Å². The minimum atomic E-state index is -0.526. The van der Waals surface area contributed by atoms with Gasteiger partial charge < -0.3 is 5.11 Å². The maximum Gasteiger partial charge on any atom is 0.0738 e. The Morgan fingerprint density at radius 1 is 1.59 bits per heavy atom.